The van der Waals surface area contributed by atoms with Gasteiger partial charge >= 0.3 is 0 Å². The zero-order chi connectivity index (χ0) is 13.5. The van der Waals surface area contributed by atoms with E-state index in [9.17, 15) is 0 Å². The summed E-state index contributed by atoms with van der Waals surface area (Å²) in [5.74, 6) is 0. The molecule has 0 spiro atoms. The van der Waals surface area contributed by atoms with Crippen molar-refractivity contribution < 1.29 is 4.74 Å². The van der Waals surface area contributed by atoms with Crippen LogP contribution in [-0.2, 0) is 4.74 Å². The van der Waals surface area contributed by atoms with Crippen LogP contribution >= 0.6 is 0 Å². The maximum absolute atomic E-state index is 6.65. The van der Waals surface area contributed by atoms with E-state index in [0.717, 1.165) is 12.8 Å². The van der Waals surface area contributed by atoms with E-state index in [1.165, 1.54) is 12.8 Å². The summed E-state index contributed by atoms with van der Waals surface area (Å²) < 4.78 is 6.65. The topological polar surface area (TPSA) is 9.23 Å². The van der Waals surface area contributed by atoms with Gasteiger partial charge in [0.2, 0.25) is 0 Å². The van der Waals surface area contributed by atoms with Crippen molar-refractivity contribution in [1.29, 1.82) is 0 Å². The summed E-state index contributed by atoms with van der Waals surface area (Å²) in [5.41, 5.74) is 0.539. The van der Waals surface area contributed by atoms with Crippen LogP contribution in [0.3, 0.4) is 0 Å². The molecule has 1 fully saturated rings. The van der Waals surface area contributed by atoms with Crippen molar-refractivity contribution in [2.45, 2.75) is 92.3 Å². The van der Waals surface area contributed by atoms with E-state index < -0.39 is 0 Å². The van der Waals surface area contributed by atoms with Gasteiger partial charge in [-0.2, -0.15) is 0 Å². The molecule has 0 amide bonds. The molecule has 0 aromatic carbocycles. The monoisotopic (exact) mass is 240 g/mol. The fourth-order valence-electron chi connectivity index (χ4n) is 5.17. The third-order valence-corrected chi connectivity index (χ3v) is 6.29. The minimum absolute atomic E-state index is 0.0218. The van der Waals surface area contributed by atoms with Crippen LogP contribution in [0.5, 0.6) is 0 Å². The van der Waals surface area contributed by atoms with Crippen LogP contribution in [0, 0.1) is 10.8 Å². The molecule has 17 heavy (non-hydrogen) atoms. The molecule has 1 rings (SSSR count). The second-order valence-electron chi connectivity index (χ2n) is 6.73. The lowest BCUT2D eigenvalue weighted by atomic mass is 9.52. The van der Waals surface area contributed by atoms with Crippen molar-refractivity contribution in [2.24, 2.45) is 10.8 Å². The molecule has 1 saturated heterocycles. The highest BCUT2D eigenvalue weighted by molar-refractivity contribution is 5.16. The van der Waals surface area contributed by atoms with Gasteiger partial charge in [0.1, 0.15) is 0 Å². The van der Waals surface area contributed by atoms with Crippen molar-refractivity contribution in [3.8, 4) is 0 Å². The van der Waals surface area contributed by atoms with Crippen molar-refractivity contribution >= 4 is 0 Å². The van der Waals surface area contributed by atoms with E-state index in [1.54, 1.807) is 0 Å². The van der Waals surface area contributed by atoms with E-state index in [0.29, 0.717) is 0 Å². The van der Waals surface area contributed by atoms with Gasteiger partial charge < -0.3 is 4.74 Å². The zero-order valence-electron chi connectivity index (χ0n) is 13.2. The molecule has 0 radical (unpaired) electrons. The molecule has 1 nitrogen and oxygen atoms in total. The Hall–Kier alpha value is -0.0400. The summed E-state index contributed by atoms with van der Waals surface area (Å²) in [7, 11) is 0. The molecule has 1 heterocycles. The molecule has 0 N–H and O–H groups in total. The van der Waals surface area contributed by atoms with Gasteiger partial charge in [-0.25, -0.2) is 0 Å². The van der Waals surface area contributed by atoms with Crippen LogP contribution in [0.4, 0.5) is 0 Å². The fourth-order valence-corrected chi connectivity index (χ4v) is 5.17. The predicted octanol–water partition coefficient (Wildman–Crippen LogP) is 5.19. The predicted molar refractivity (Wildman–Crippen MR) is 75.3 cm³/mol. The largest absolute Gasteiger partial charge is 0.368 e. The Labute approximate surface area is 108 Å². The minimum Gasteiger partial charge on any atom is -0.368 e. The zero-order valence-corrected chi connectivity index (χ0v) is 13.2. The first kappa shape index (κ1) is 15.0. The third-order valence-electron chi connectivity index (χ3n) is 6.29. The summed E-state index contributed by atoms with van der Waals surface area (Å²) in [6, 6.07) is 0. The van der Waals surface area contributed by atoms with Gasteiger partial charge in [0.25, 0.3) is 0 Å². The summed E-state index contributed by atoms with van der Waals surface area (Å²) in [6.45, 7) is 18.7. The Bertz CT molecular complexity index is 267. The number of ether oxygens (including phenoxy) is 1. The molecular weight excluding hydrogens is 208 g/mol. The fraction of sp³-hybridized carbons (Fsp3) is 1.00. The van der Waals surface area contributed by atoms with Crippen LogP contribution in [0.25, 0.3) is 0 Å². The van der Waals surface area contributed by atoms with E-state index in [2.05, 4.69) is 55.4 Å². The summed E-state index contributed by atoms with van der Waals surface area (Å²) in [5, 5.41) is 0. The highest BCUT2D eigenvalue weighted by Crippen LogP contribution is 2.67. The van der Waals surface area contributed by atoms with Crippen molar-refractivity contribution in [2.75, 3.05) is 0 Å². The molecule has 1 heteroatoms. The molecule has 0 aromatic heterocycles. The van der Waals surface area contributed by atoms with E-state index in [1.807, 2.05) is 0 Å². The first-order valence-electron chi connectivity index (χ1n) is 7.40. The Balaban J connectivity index is 3.42. The van der Waals surface area contributed by atoms with Crippen LogP contribution in [-0.4, -0.2) is 11.2 Å². The van der Waals surface area contributed by atoms with Crippen molar-refractivity contribution in [1.82, 2.24) is 0 Å². The minimum atomic E-state index is -0.0218. The molecular formula is C16H32O. The third kappa shape index (κ3) is 1.54. The molecule has 0 atom stereocenters. The van der Waals surface area contributed by atoms with Gasteiger partial charge in [-0.15, -0.1) is 0 Å². The Kier molecular flexibility index (Phi) is 3.76. The molecule has 102 valence electrons. The van der Waals surface area contributed by atoms with Gasteiger partial charge in [-0.3, -0.25) is 0 Å². The SMILES string of the molecule is CCC1(CC)OC(C)(C)C(CC)(CC)C1(C)C. The summed E-state index contributed by atoms with van der Waals surface area (Å²) >= 11 is 0. The van der Waals surface area contributed by atoms with Crippen LogP contribution in [0.2, 0.25) is 0 Å². The van der Waals surface area contributed by atoms with Gasteiger partial charge in [-0.05, 0) is 39.5 Å². The maximum Gasteiger partial charge on any atom is 0.0741 e. The normalized spacial score (nSPS) is 28.2. The lowest BCUT2D eigenvalue weighted by Crippen LogP contribution is -2.50. The smallest absolute Gasteiger partial charge is 0.0741 e. The second-order valence-corrected chi connectivity index (χ2v) is 6.73. The highest BCUT2D eigenvalue weighted by atomic mass is 16.5. The van der Waals surface area contributed by atoms with Crippen molar-refractivity contribution in [3.05, 3.63) is 0 Å². The van der Waals surface area contributed by atoms with Gasteiger partial charge in [0, 0.05) is 10.8 Å². The molecule has 1 aliphatic heterocycles. The number of rotatable bonds is 4. The Morgan fingerprint density at radius 1 is 0.706 bits per heavy atom. The Morgan fingerprint density at radius 3 is 1.29 bits per heavy atom. The average Bonchev–Trinajstić information content (AvgIpc) is 2.40. The molecule has 0 aromatic rings. The van der Waals surface area contributed by atoms with E-state index in [-0.39, 0.29) is 22.0 Å². The average molecular weight is 240 g/mol. The van der Waals surface area contributed by atoms with Crippen LogP contribution in [0.1, 0.15) is 81.1 Å². The first-order valence-corrected chi connectivity index (χ1v) is 7.40. The Morgan fingerprint density at radius 2 is 1.12 bits per heavy atom. The molecule has 1 aliphatic rings. The van der Waals surface area contributed by atoms with E-state index >= 15 is 0 Å². The summed E-state index contributed by atoms with van der Waals surface area (Å²) in [4.78, 5) is 0. The van der Waals surface area contributed by atoms with Gasteiger partial charge in [0.15, 0.2) is 0 Å². The molecule has 0 saturated carbocycles. The number of hydrogen-bond acceptors (Lipinski definition) is 1. The molecule has 0 aliphatic carbocycles. The van der Waals surface area contributed by atoms with Crippen LogP contribution in [0.15, 0.2) is 0 Å². The summed E-state index contributed by atoms with van der Waals surface area (Å²) in [6.07, 6.45) is 4.62. The van der Waals surface area contributed by atoms with Crippen LogP contribution < -0.4 is 0 Å². The highest BCUT2D eigenvalue weighted by Gasteiger charge is 2.68. The van der Waals surface area contributed by atoms with Gasteiger partial charge in [0.05, 0.1) is 11.2 Å². The van der Waals surface area contributed by atoms with Crippen molar-refractivity contribution in [3.63, 3.8) is 0 Å². The van der Waals surface area contributed by atoms with E-state index in [4.69, 9.17) is 4.74 Å². The quantitative estimate of drug-likeness (QED) is 0.657. The lowest BCUT2D eigenvalue weighted by Gasteiger charge is -2.49. The number of hydrogen-bond donors (Lipinski definition) is 0. The standard InChI is InChI=1S/C16H32O/c1-9-15(10-2)13(5,6)16(11-3,12-4)17-14(15,7)8/h9-12H2,1-8H3. The van der Waals surface area contributed by atoms with Gasteiger partial charge in [-0.1, -0.05) is 41.5 Å². The maximum atomic E-state index is 6.65. The lowest BCUT2D eigenvalue weighted by molar-refractivity contribution is -0.121. The molecule has 0 bridgehead atoms. The first-order chi connectivity index (χ1) is 7.70. The molecule has 0 unspecified atom stereocenters. The second kappa shape index (κ2) is 4.26.